The van der Waals surface area contributed by atoms with Gasteiger partial charge in [0.1, 0.15) is 6.54 Å². The van der Waals surface area contributed by atoms with E-state index in [2.05, 4.69) is 15.1 Å². The molecular formula is C23H24FN5O4. The van der Waals surface area contributed by atoms with Crippen LogP contribution in [0.5, 0.6) is 5.75 Å². The van der Waals surface area contributed by atoms with E-state index in [0.29, 0.717) is 22.5 Å². The number of aromatic nitrogens is 4. The Morgan fingerprint density at radius 3 is 2.73 bits per heavy atom. The maximum absolute atomic E-state index is 14.2. The highest BCUT2D eigenvalue weighted by molar-refractivity contribution is 5.97. The zero-order valence-corrected chi connectivity index (χ0v) is 18.6. The quantitative estimate of drug-likeness (QED) is 0.484. The number of carbonyl (C=O) groups is 2. The molecule has 0 atom stereocenters. The highest BCUT2D eigenvalue weighted by Crippen LogP contribution is 2.42. The molecule has 2 heterocycles. The number of benzene rings is 1. The number of halogens is 1. The predicted octanol–water partition coefficient (Wildman–Crippen LogP) is 2.99. The van der Waals surface area contributed by atoms with E-state index in [-0.39, 0.29) is 36.7 Å². The molecule has 0 unspecified atom stereocenters. The van der Waals surface area contributed by atoms with Crippen molar-refractivity contribution in [3.63, 3.8) is 0 Å². The van der Waals surface area contributed by atoms with Crippen LogP contribution in [0.1, 0.15) is 41.7 Å². The summed E-state index contributed by atoms with van der Waals surface area (Å²) in [5.74, 6) is -0.733. The van der Waals surface area contributed by atoms with Crippen molar-refractivity contribution in [3.8, 4) is 23.0 Å². The Morgan fingerprint density at radius 2 is 2.06 bits per heavy atom. The Labute approximate surface area is 190 Å². The van der Waals surface area contributed by atoms with Gasteiger partial charge < -0.3 is 14.4 Å². The van der Waals surface area contributed by atoms with Gasteiger partial charge in [-0.2, -0.15) is 5.10 Å². The fraction of sp³-hybridized carbons (Fsp3) is 0.348. The minimum atomic E-state index is -0.495. The molecule has 1 fully saturated rings. The van der Waals surface area contributed by atoms with E-state index in [4.69, 9.17) is 9.47 Å². The molecule has 9 nitrogen and oxygen atoms in total. The Hall–Kier alpha value is -3.82. The summed E-state index contributed by atoms with van der Waals surface area (Å²) >= 11 is 0. The van der Waals surface area contributed by atoms with Crippen LogP contribution in [-0.4, -0.2) is 63.8 Å². The highest BCUT2D eigenvalue weighted by Gasteiger charge is 2.34. The predicted molar refractivity (Wildman–Crippen MR) is 117 cm³/mol. The van der Waals surface area contributed by atoms with Crippen LogP contribution in [-0.2, 0) is 9.53 Å². The maximum atomic E-state index is 14.2. The summed E-state index contributed by atoms with van der Waals surface area (Å²) in [7, 11) is 2.95. The molecule has 3 aromatic rings. The summed E-state index contributed by atoms with van der Waals surface area (Å²) in [6, 6.07) is 6.25. The van der Waals surface area contributed by atoms with Crippen molar-refractivity contribution in [2.24, 2.45) is 0 Å². The molecule has 1 saturated carbocycles. The van der Waals surface area contributed by atoms with Crippen LogP contribution in [0.15, 0.2) is 36.7 Å². The molecule has 0 bridgehead atoms. The average Bonchev–Trinajstić information content (AvgIpc) is 3.56. The highest BCUT2D eigenvalue weighted by atomic mass is 19.1. The number of hydrogen-bond acceptors (Lipinski definition) is 7. The summed E-state index contributed by atoms with van der Waals surface area (Å²) in [6.45, 7) is 1.80. The van der Waals surface area contributed by atoms with E-state index in [0.717, 1.165) is 12.8 Å². The van der Waals surface area contributed by atoms with Gasteiger partial charge >= 0.3 is 5.97 Å². The molecule has 0 spiro atoms. The molecule has 1 aliphatic rings. The number of methoxy groups -OCH3 is 1. The van der Waals surface area contributed by atoms with E-state index in [9.17, 15) is 14.0 Å². The molecule has 0 saturated heterocycles. The van der Waals surface area contributed by atoms with Crippen LogP contribution in [0.25, 0.3) is 17.2 Å². The zero-order valence-electron chi connectivity index (χ0n) is 18.6. The third kappa shape index (κ3) is 4.69. The second kappa shape index (κ2) is 9.35. The largest absolute Gasteiger partial charge is 0.494 e. The van der Waals surface area contributed by atoms with Crippen LogP contribution in [0.2, 0.25) is 0 Å². The molecule has 172 valence electrons. The number of likely N-dealkylation sites (N-methyl/N-ethyl adjacent to an activating group) is 1. The van der Waals surface area contributed by atoms with Gasteiger partial charge in [0.25, 0.3) is 11.9 Å². The first-order chi connectivity index (χ1) is 15.9. The standard InChI is InChI=1S/C23H24FN5O4/c1-4-33-20(30)13-28(2)22(31)16-12-26-29(21(16)14-5-6-14)23-25-10-9-18(27-23)15-7-8-19(32-3)17(24)11-15/h7-12,14H,4-6,13H2,1-3H3. The molecular weight excluding hydrogens is 429 g/mol. The SMILES string of the molecule is CCOC(=O)CN(C)C(=O)c1cnn(-c2nccc(-c3ccc(OC)c(F)c3)n2)c1C1CC1. The van der Waals surface area contributed by atoms with Gasteiger partial charge in [0, 0.05) is 24.7 Å². The summed E-state index contributed by atoms with van der Waals surface area (Å²) in [5.41, 5.74) is 2.16. The van der Waals surface area contributed by atoms with Crippen molar-refractivity contribution in [2.75, 3.05) is 27.3 Å². The van der Waals surface area contributed by atoms with E-state index in [1.165, 1.54) is 30.3 Å². The normalized spacial score (nSPS) is 13.0. The molecule has 0 radical (unpaired) electrons. The van der Waals surface area contributed by atoms with Gasteiger partial charge in [-0.25, -0.2) is 19.0 Å². The monoisotopic (exact) mass is 453 g/mol. The third-order valence-corrected chi connectivity index (χ3v) is 5.30. The summed E-state index contributed by atoms with van der Waals surface area (Å²) in [5, 5.41) is 4.38. The van der Waals surface area contributed by atoms with Crippen molar-refractivity contribution < 1.29 is 23.5 Å². The first kappa shape index (κ1) is 22.4. The van der Waals surface area contributed by atoms with E-state index in [1.807, 2.05) is 0 Å². The fourth-order valence-corrected chi connectivity index (χ4v) is 3.55. The van der Waals surface area contributed by atoms with Crippen molar-refractivity contribution in [3.05, 3.63) is 53.7 Å². The second-order valence-corrected chi connectivity index (χ2v) is 7.69. The summed E-state index contributed by atoms with van der Waals surface area (Å²) in [4.78, 5) is 35.0. The second-order valence-electron chi connectivity index (χ2n) is 7.69. The maximum Gasteiger partial charge on any atom is 0.325 e. The third-order valence-electron chi connectivity index (χ3n) is 5.30. The molecule has 1 amide bonds. The van der Waals surface area contributed by atoms with Crippen molar-refractivity contribution >= 4 is 11.9 Å². The molecule has 2 aromatic heterocycles. The molecule has 10 heteroatoms. The lowest BCUT2D eigenvalue weighted by molar-refractivity contribution is -0.143. The number of nitrogens with zero attached hydrogens (tertiary/aromatic N) is 5. The van der Waals surface area contributed by atoms with Crippen molar-refractivity contribution in [1.82, 2.24) is 24.6 Å². The van der Waals surface area contributed by atoms with E-state index in [1.54, 1.807) is 37.0 Å². The van der Waals surface area contributed by atoms with Gasteiger partial charge in [0.05, 0.1) is 36.9 Å². The van der Waals surface area contributed by atoms with Gasteiger partial charge in [0.2, 0.25) is 0 Å². The molecule has 1 aliphatic carbocycles. The van der Waals surface area contributed by atoms with Crippen LogP contribution >= 0.6 is 0 Å². The Balaban J connectivity index is 1.66. The van der Waals surface area contributed by atoms with Gasteiger partial charge in [-0.05, 0) is 44.0 Å². The molecule has 1 aromatic carbocycles. The number of amides is 1. The number of hydrogen-bond donors (Lipinski definition) is 0. The summed E-state index contributed by atoms with van der Waals surface area (Å²) in [6.07, 6.45) is 4.86. The van der Waals surface area contributed by atoms with E-state index >= 15 is 0 Å². The fourth-order valence-electron chi connectivity index (χ4n) is 3.55. The lowest BCUT2D eigenvalue weighted by Crippen LogP contribution is -2.33. The minimum Gasteiger partial charge on any atom is -0.494 e. The van der Waals surface area contributed by atoms with Gasteiger partial charge in [-0.1, -0.05) is 0 Å². The Kier molecular flexibility index (Phi) is 6.34. The van der Waals surface area contributed by atoms with Gasteiger partial charge in [-0.3, -0.25) is 9.59 Å². The molecule has 33 heavy (non-hydrogen) atoms. The Morgan fingerprint density at radius 1 is 1.27 bits per heavy atom. The first-order valence-electron chi connectivity index (χ1n) is 10.6. The lowest BCUT2D eigenvalue weighted by Gasteiger charge is -2.16. The number of rotatable bonds is 8. The molecule has 0 N–H and O–H groups in total. The van der Waals surface area contributed by atoms with E-state index < -0.39 is 11.8 Å². The molecule has 4 rings (SSSR count). The topological polar surface area (TPSA) is 99.4 Å². The first-order valence-corrected chi connectivity index (χ1v) is 10.6. The van der Waals surface area contributed by atoms with Crippen molar-refractivity contribution in [1.29, 1.82) is 0 Å². The number of esters is 1. The van der Waals surface area contributed by atoms with Gasteiger partial charge in [0.15, 0.2) is 11.6 Å². The van der Waals surface area contributed by atoms with Crippen molar-refractivity contribution in [2.45, 2.75) is 25.7 Å². The molecule has 0 aliphatic heterocycles. The minimum absolute atomic E-state index is 0.145. The number of carbonyl (C=O) groups excluding carboxylic acids is 2. The van der Waals surface area contributed by atoms with Crippen LogP contribution in [0.3, 0.4) is 0 Å². The van der Waals surface area contributed by atoms with Gasteiger partial charge in [-0.15, -0.1) is 0 Å². The number of ether oxygens (including phenoxy) is 2. The van der Waals surface area contributed by atoms with Crippen LogP contribution in [0, 0.1) is 5.82 Å². The summed E-state index contributed by atoms with van der Waals surface area (Å²) < 4.78 is 25.6. The lowest BCUT2D eigenvalue weighted by atomic mass is 10.1. The smallest absolute Gasteiger partial charge is 0.325 e. The van der Waals surface area contributed by atoms with Crippen LogP contribution in [0.4, 0.5) is 4.39 Å². The average molecular weight is 453 g/mol. The Bertz CT molecular complexity index is 1190. The van der Waals surface area contributed by atoms with Crippen LogP contribution < -0.4 is 4.74 Å². The zero-order chi connectivity index (χ0) is 23.5.